The number of rotatable bonds is 5. The minimum Gasteiger partial charge on any atom is -0.458 e. The smallest absolute Gasteiger partial charge is 0.410 e. The predicted octanol–water partition coefficient (Wildman–Crippen LogP) is 3.90. The number of likely N-dealkylation sites (N-methyl/N-ethyl adjacent to an activating group) is 1. The molecule has 1 amide bonds. The van der Waals surface area contributed by atoms with Crippen molar-refractivity contribution in [3.63, 3.8) is 0 Å². The van der Waals surface area contributed by atoms with Crippen molar-refractivity contribution in [2.45, 2.75) is 135 Å². The number of cyclic esters (lactones) is 1. The van der Waals surface area contributed by atoms with Crippen molar-refractivity contribution in [2.24, 2.45) is 28.7 Å². The van der Waals surface area contributed by atoms with E-state index in [9.17, 15) is 14.7 Å². The van der Waals surface area contributed by atoms with Gasteiger partial charge < -0.3 is 33.7 Å². The Kier molecular flexibility index (Phi) is 10.8. The van der Waals surface area contributed by atoms with Crippen molar-refractivity contribution >= 4 is 17.8 Å². The van der Waals surface area contributed by atoms with Crippen molar-refractivity contribution in [3.8, 4) is 0 Å². The molecule has 0 spiro atoms. The molecule has 4 heterocycles. The molecule has 4 aliphatic rings. The Hall–Kier alpha value is -1.79. The molecule has 0 aromatic carbocycles. The van der Waals surface area contributed by atoms with Crippen LogP contribution in [0.5, 0.6) is 0 Å². The lowest BCUT2D eigenvalue weighted by atomic mass is 9.73. The first kappa shape index (κ1) is 35.1. The fourth-order valence-electron chi connectivity index (χ4n) is 8.53. The molecule has 0 aromatic rings. The number of nitrogens with zero attached hydrogens (tertiary/aromatic N) is 3. The third-order valence-electron chi connectivity index (χ3n) is 10.8. The Morgan fingerprint density at radius 3 is 2.39 bits per heavy atom. The lowest BCUT2D eigenvalue weighted by Crippen LogP contribution is -2.59. The van der Waals surface area contributed by atoms with E-state index in [1.165, 1.54) is 0 Å². The number of carbonyl (C=O) groups excluding carboxylic acids is 2. The highest BCUT2D eigenvalue weighted by molar-refractivity contribution is 5.91. The van der Waals surface area contributed by atoms with Crippen LogP contribution in [-0.4, -0.2) is 121 Å². The topological polar surface area (TPSA) is 119 Å². The zero-order valence-corrected chi connectivity index (χ0v) is 28.7. The Morgan fingerprint density at radius 1 is 1.09 bits per heavy atom. The van der Waals surface area contributed by atoms with Crippen LogP contribution in [0.3, 0.4) is 0 Å². The highest BCUT2D eigenvalue weighted by Gasteiger charge is 2.60. The Morgan fingerprint density at radius 2 is 1.77 bits per heavy atom. The molecule has 1 N–H and O–H groups in total. The summed E-state index contributed by atoms with van der Waals surface area (Å²) in [7, 11) is 5.59. The van der Waals surface area contributed by atoms with Crippen molar-refractivity contribution < 1.29 is 38.4 Å². The molecule has 0 saturated carbocycles. The van der Waals surface area contributed by atoms with E-state index in [1.807, 2.05) is 53.6 Å². The van der Waals surface area contributed by atoms with Gasteiger partial charge in [-0.05, 0) is 72.4 Å². The normalized spacial score (nSPS) is 45.7. The van der Waals surface area contributed by atoms with Gasteiger partial charge in [0.05, 0.1) is 36.3 Å². The number of aliphatic hydroxyl groups is 1. The van der Waals surface area contributed by atoms with Crippen molar-refractivity contribution in [2.75, 3.05) is 34.3 Å². The molecule has 4 aliphatic heterocycles. The van der Waals surface area contributed by atoms with Gasteiger partial charge in [0, 0.05) is 31.3 Å². The monoisotopic (exact) mass is 623 g/mol. The number of fused-ring (bicyclic) bond motifs is 1. The van der Waals surface area contributed by atoms with Crippen LogP contribution >= 0.6 is 0 Å². The van der Waals surface area contributed by atoms with E-state index in [4.69, 9.17) is 28.7 Å². The molecule has 44 heavy (non-hydrogen) atoms. The van der Waals surface area contributed by atoms with Crippen molar-refractivity contribution in [3.05, 3.63) is 0 Å². The van der Waals surface area contributed by atoms with Crippen LogP contribution in [0.2, 0.25) is 0 Å². The van der Waals surface area contributed by atoms with Gasteiger partial charge in [0.25, 0.3) is 0 Å². The average molecular weight is 624 g/mol. The van der Waals surface area contributed by atoms with Crippen LogP contribution in [0.4, 0.5) is 4.79 Å². The van der Waals surface area contributed by atoms with Crippen LogP contribution in [0.1, 0.15) is 81.1 Å². The van der Waals surface area contributed by atoms with Crippen LogP contribution in [0.25, 0.3) is 0 Å². The number of aliphatic imine (C=N–C) groups is 1. The molecule has 2 bridgehead atoms. The first-order valence-electron chi connectivity index (χ1n) is 16.5. The van der Waals surface area contributed by atoms with E-state index in [-0.39, 0.29) is 48.0 Å². The average Bonchev–Trinajstić information content (AvgIpc) is 3.08. The Balaban J connectivity index is 1.76. The summed E-state index contributed by atoms with van der Waals surface area (Å²) in [4.78, 5) is 35.7. The molecule has 11 heteroatoms. The summed E-state index contributed by atoms with van der Waals surface area (Å²) < 4.78 is 31.6. The summed E-state index contributed by atoms with van der Waals surface area (Å²) >= 11 is 0. The predicted molar refractivity (Wildman–Crippen MR) is 166 cm³/mol. The van der Waals surface area contributed by atoms with E-state index in [2.05, 4.69) is 20.8 Å². The van der Waals surface area contributed by atoms with Gasteiger partial charge in [-0.15, -0.1) is 0 Å². The second-order valence-electron chi connectivity index (χ2n) is 14.5. The molecule has 0 unspecified atom stereocenters. The number of hydrogen-bond acceptors (Lipinski definition) is 10. The molecule has 3 saturated heterocycles. The summed E-state index contributed by atoms with van der Waals surface area (Å²) in [5.41, 5.74) is -0.861. The summed E-state index contributed by atoms with van der Waals surface area (Å²) in [5.74, 6) is -1.15. The summed E-state index contributed by atoms with van der Waals surface area (Å²) in [6.07, 6.45) is -1.12. The summed E-state index contributed by atoms with van der Waals surface area (Å²) in [6, 6.07) is -0.468. The molecular formula is C33H57N3O8. The second kappa shape index (κ2) is 13.5. The number of amides is 1. The number of carbonyl (C=O) groups is 2. The fourth-order valence-corrected chi connectivity index (χ4v) is 8.53. The van der Waals surface area contributed by atoms with E-state index in [1.54, 1.807) is 12.0 Å². The highest BCUT2D eigenvalue weighted by Crippen LogP contribution is 2.44. The third kappa shape index (κ3) is 6.54. The van der Waals surface area contributed by atoms with Gasteiger partial charge in [-0.25, -0.2) is 4.79 Å². The van der Waals surface area contributed by atoms with E-state index in [0.29, 0.717) is 38.8 Å². The molecule has 252 valence electrons. The van der Waals surface area contributed by atoms with Crippen LogP contribution in [0, 0.1) is 23.7 Å². The highest BCUT2D eigenvalue weighted by atomic mass is 16.7. The van der Waals surface area contributed by atoms with Gasteiger partial charge >= 0.3 is 12.1 Å². The van der Waals surface area contributed by atoms with E-state index < -0.39 is 41.7 Å². The van der Waals surface area contributed by atoms with Crippen LogP contribution in [-0.2, 0) is 28.5 Å². The maximum atomic E-state index is 13.7. The Bertz CT molecular complexity index is 1070. The molecule has 13 atom stereocenters. The van der Waals surface area contributed by atoms with E-state index >= 15 is 0 Å². The number of methoxy groups -OCH3 is 1. The Labute approximate surface area is 263 Å². The van der Waals surface area contributed by atoms with Gasteiger partial charge in [0.15, 0.2) is 11.9 Å². The zero-order chi connectivity index (χ0) is 32.7. The minimum absolute atomic E-state index is 0.0261. The van der Waals surface area contributed by atoms with Crippen LogP contribution < -0.4 is 0 Å². The van der Waals surface area contributed by atoms with E-state index in [0.717, 1.165) is 5.71 Å². The standard InChI is InChI=1S/C33H57N3O8/c1-12-24-33(8)27-22(6)25(34-13-14-36(27)31(39)44-33)20(4)17-32(7,40-11)28(18(2)15-19(3)29(38)42-24)43-30-26(37)23(35(9)10)16-21(5)41-30/h18-24,26-28,30,37H,12-17H2,1-11H3/t18-,19-,20+,21+,22-,23-,24-,26+,27+,28+,30-,32+,33+/m0/s1. The number of hydrogen-bond donors (Lipinski definition) is 1. The van der Waals surface area contributed by atoms with Gasteiger partial charge in [-0.2, -0.15) is 0 Å². The quantitative estimate of drug-likeness (QED) is 0.455. The molecule has 4 rings (SSSR count). The first-order chi connectivity index (χ1) is 20.6. The molecule has 0 radical (unpaired) electrons. The minimum atomic E-state index is -1.02. The second-order valence-corrected chi connectivity index (χ2v) is 14.5. The lowest BCUT2D eigenvalue weighted by Gasteiger charge is -2.47. The molecular weight excluding hydrogens is 566 g/mol. The molecule has 0 aliphatic carbocycles. The SMILES string of the molecule is CC[C@@H]1OC(=O)[C@@H](C)C[C@H](C)[C@@H](O[C@@H]2O[C@H](C)C[C@H](N(C)C)[C@H]2O)[C@](C)(OC)C[C@@H](C)C2=NCCN3C(=O)O[C@@]1(C)[C@H]3[C@H]2C. The number of aliphatic hydroxyl groups excluding tert-OH is 1. The van der Waals surface area contributed by atoms with Crippen molar-refractivity contribution in [1.82, 2.24) is 9.80 Å². The summed E-state index contributed by atoms with van der Waals surface area (Å²) in [5, 5.41) is 11.4. The number of esters is 1. The maximum absolute atomic E-state index is 13.7. The first-order valence-corrected chi connectivity index (χ1v) is 16.5. The molecule has 11 nitrogen and oxygen atoms in total. The number of ether oxygens (including phenoxy) is 5. The van der Waals surface area contributed by atoms with Gasteiger partial charge in [-0.1, -0.05) is 34.6 Å². The van der Waals surface area contributed by atoms with Gasteiger partial charge in [0.1, 0.15) is 12.2 Å². The zero-order valence-electron chi connectivity index (χ0n) is 28.7. The lowest BCUT2D eigenvalue weighted by molar-refractivity contribution is -0.297. The van der Waals surface area contributed by atoms with Gasteiger partial charge in [0.2, 0.25) is 0 Å². The van der Waals surface area contributed by atoms with Crippen LogP contribution in [0.15, 0.2) is 4.99 Å². The third-order valence-corrected chi connectivity index (χ3v) is 10.8. The van der Waals surface area contributed by atoms with Crippen molar-refractivity contribution in [1.29, 1.82) is 0 Å². The maximum Gasteiger partial charge on any atom is 0.410 e. The fraction of sp³-hybridized carbons (Fsp3) is 0.909. The molecule has 3 fully saturated rings. The largest absolute Gasteiger partial charge is 0.458 e. The molecule has 0 aromatic heterocycles. The van der Waals surface area contributed by atoms with Gasteiger partial charge in [-0.3, -0.25) is 14.7 Å². The summed E-state index contributed by atoms with van der Waals surface area (Å²) in [6.45, 7) is 17.0.